The van der Waals surface area contributed by atoms with Crippen LogP contribution < -0.4 is 0 Å². The molecule has 1 atom stereocenters. The van der Waals surface area contributed by atoms with Crippen molar-refractivity contribution in [3.05, 3.63) is 34.6 Å². The van der Waals surface area contributed by atoms with Gasteiger partial charge in [0, 0.05) is 10.9 Å². The van der Waals surface area contributed by atoms with Gasteiger partial charge in [-0.3, -0.25) is 0 Å². The molecule has 1 rings (SSSR count). The molecule has 0 aliphatic carbocycles. The fourth-order valence-electron chi connectivity index (χ4n) is 1.39. The SMILES string of the molecule is CC(C)C(C=O)Cc1cc(F)ccc1Cl. The molecule has 1 aromatic rings. The number of carbonyl (C=O) groups excluding carboxylic acids is 1. The van der Waals surface area contributed by atoms with E-state index in [4.69, 9.17) is 11.6 Å². The quantitative estimate of drug-likeness (QED) is 0.721. The fourth-order valence-corrected chi connectivity index (χ4v) is 1.59. The Balaban J connectivity index is 2.87. The summed E-state index contributed by atoms with van der Waals surface area (Å²) in [5.41, 5.74) is 0.697. The molecule has 0 bridgehead atoms. The highest BCUT2D eigenvalue weighted by Gasteiger charge is 2.14. The largest absolute Gasteiger partial charge is 0.303 e. The summed E-state index contributed by atoms with van der Waals surface area (Å²) in [7, 11) is 0. The van der Waals surface area contributed by atoms with Gasteiger partial charge in [0.1, 0.15) is 12.1 Å². The van der Waals surface area contributed by atoms with E-state index in [0.29, 0.717) is 17.0 Å². The number of aldehydes is 1. The Labute approximate surface area is 94.3 Å². The second kappa shape index (κ2) is 5.26. The molecule has 0 amide bonds. The minimum absolute atomic E-state index is 0.107. The minimum Gasteiger partial charge on any atom is -0.303 e. The molecular formula is C12H14ClFO. The molecule has 0 aliphatic rings. The maximum atomic E-state index is 13.0. The van der Waals surface area contributed by atoms with Crippen molar-refractivity contribution < 1.29 is 9.18 Å². The van der Waals surface area contributed by atoms with E-state index >= 15 is 0 Å². The van der Waals surface area contributed by atoms with Gasteiger partial charge in [0.2, 0.25) is 0 Å². The molecule has 0 aromatic heterocycles. The normalized spacial score (nSPS) is 12.9. The smallest absolute Gasteiger partial charge is 0.123 e. The Kier molecular flexibility index (Phi) is 4.28. The molecule has 1 unspecified atom stereocenters. The van der Waals surface area contributed by atoms with Gasteiger partial charge in [0.05, 0.1) is 0 Å². The van der Waals surface area contributed by atoms with Crippen LogP contribution in [0.3, 0.4) is 0 Å². The van der Waals surface area contributed by atoms with E-state index in [-0.39, 0.29) is 17.7 Å². The molecule has 1 aromatic carbocycles. The zero-order valence-corrected chi connectivity index (χ0v) is 9.59. The van der Waals surface area contributed by atoms with Crippen LogP contribution in [0.1, 0.15) is 19.4 Å². The first-order chi connectivity index (χ1) is 7.04. The number of rotatable bonds is 4. The highest BCUT2D eigenvalue weighted by Crippen LogP contribution is 2.22. The van der Waals surface area contributed by atoms with E-state index in [2.05, 4.69) is 0 Å². The third-order valence-corrected chi connectivity index (χ3v) is 2.86. The third kappa shape index (κ3) is 3.31. The van der Waals surface area contributed by atoms with Crippen LogP contribution in [0.5, 0.6) is 0 Å². The molecule has 3 heteroatoms. The number of hydrogen-bond acceptors (Lipinski definition) is 1. The lowest BCUT2D eigenvalue weighted by Gasteiger charge is -2.14. The molecular weight excluding hydrogens is 215 g/mol. The van der Waals surface area contributed by atoms with E-state index in [0.717, 1.165) is 6.29 Å². The van der Waals surface area contributed by atoms with Crippen molar-refractivity contribution in [2.45, 2.75) is 20.3 Å². The molecule has 0 N–H and O–H groups in total. The second-order valence-electron chi connectivity index (χ2n) is 3.98. The summed E-state index contributed by atoms with van der Waals surface area (Å²) < 4.78 is 13.0. The van der Waals surface area contributed by atoms with Crippen LogP contribution in [0.2, 0.25) is 5.02 Å². The second-order valence-corrected chi connectivity index (χ2v) is 4.39. The molecule has 0 fully saturated rings. The third-order valence-electron chi connectivity index (χ3n) is 2.49. The van der Waals surface area contributed by atoms with Crippen LogP contribution >= 0.6 is 11.6 Å². The predicted molar refractivity (Wildman–Crippen MR) is 59.5 cm³/mol. The van der Waals surface area contributed by atoms with Gasteiger partial charge < -0.3 is 4.79 Å². The Bertz CT molecular complexity index is 349. The summed E-state index contributed by atoms with van der Waals surface area (Å²) in [6, 6.07) is 4.23. The first-order valence-corrected chi connectivity index (χ1v) is 5.31. The van der Waals surface area contributed by atoms with E-state index < -0.39 is 0 Å². The van der Waals surface area contributed by atoms with Gasteiger partial charge in [-0.15, -0.1) is 0 Å². The van der Waals surface area contributed by atoms with Crippen LogP contribution in [0.15, 0.2) is 18.2 Å². The zero-order valence-electron chi connectivity index (χ0n) is 8.84. The summed E-state index contributed by atoms with van der Waals surface area (Å²) in [4.78, 5) is 10.8. The predicted octanol–water partition coefficient (Wildman–Crippen LogP) is 3.49. The summed E-state index contributed by atoms with van der Waals surface area (Å²) in [5, 5.41) is 0.518. The monoisotopic (exact) mass is 228 g/mol. The van der Waals surface area contributed by atoms with Crippen molar-refractivity contribution in [2.24, 2.45) is 11.8 Å². The number of halogens is 2. The Hall–Kier alpha value is -0.890. The van der Waals surface area contributed by atoms with Crippen molar-refractivity contribution in [1.82, 2.24) is 0 Å². The van der Waals surface area contributed by atoms with Crippen molar-refractivity contribution in [2.75, 3.05) is 0 Å². The lowest BCUT2D eigenvalue weighted by molar-refractivity contribution is -0.112. The highest BCUT2D eigenvalue weighted by atomic mass is 35.5. The lowest BCUT2D eigenvalue weighted by atomic mass is 9.90. The fraction of sp³-hybridized carbons (Fsp3) is 0.417. The summed E-state index contributed by atoms with van der Waals surface area (Å²) in [6.45, 7) is 3.93. The van der Waals surface area contributed by atoms with Crippen molar-refractivity contribution in [3.63, 3.8) is 0 Å². The van der Waals surface area contributed by atoms with E-state index in [1.807, 2.05) is 13.8 Å². The van der Waals surface area contributed by atoms with Crippen LogP contribution in [0.4, 0.5) is 4.39 Å². The average Bonchev–Trinajstić information content (AvgIpc) is 2.18. The molecule has 0 saturated heterocycles. The Morgan fingerprint density at radius 2 is 2.13 bits per heavy atom. The minimum atomic E-state index is -0.317. The van der Waals surface area contributed by atoms with Crippen molar-refractivity contribution in [3.8, 4) is 0 Å². The maximum Gasteiger partial charge on any atom is 0.123 e. The van der Waals surface area contributed by atoms with E-state index in [1.54, 1.807) is 0 Å². The van der Waals surface area contributed by atoms with E-state index in [9.17, 15) is 9.18 Å². The molecule has 0 aliphatic heterocycles. The van der Waals surface area contributed by atoms with Crippen LogP contribution in [-0.4, -0.2) is 6.29 Å². The van der Waals surface area contributed by atoms with Gasteiger partial charge in [-0.25, -0.2) is 4.39 Å². The summed E-state index contributed by atoms with van der Waals surface area (Å²) in [6.07, 6.45) is 1.41. The summed E-state index contributed by atoms with van der Waals surface area (Å²) >= 11 is 5.92. The molecule has 0 radical (unpaired) electrons. The molecule has 0 spiro atoms. The van der Waals surface area contributed by atoms with Crippen molar-refractivity contribution >= 4 is 17.9 Å². The standard InChI is InChI=1S/C12H14ClFO/c1-8(2)10(7-15)5-9-6-11(14)3-4-12(9)13/h3-4,6-8,10H,5H2,1-2H3. The molecule has 82 valence electrons. The van der Waals surface area contributed by atoms with Gasteiger partial charge in [-0.1, -0.05) is 25.4 Å². The van der Waals surface area contributed by atoms with Crippen LogP contribution in [-0.2, 0) is 11.2 Å². The lowest BCUT2D eigenvalue weighted by Crippen LogP contribution is -2.13. The molecule has 0 saturated carbocycles. The van der Waals surface area contributed by atoms with Gasteiger partial charge in [-0.2, -0.15) is 0 Å². The number of carbonyl (C=O) groups is 1. The van der Waals surface area contributed by atoms with Crippen molar-refractivity contribution in [1.29, 1.82) is 0 Å². The Morgan fingerprint density at radius 3 is 2.67 bits per heavy atom. The first-order valence-electron chi connectivity index (χ1n) is 4.93. The van der Waals surface area contributed by atoms with Crippen LogP contribution in [0.25, 0.3) is 0 Å². The topological polar surface area (TPSA) is 17.1 Å². The zero-order chi connectivity index (χ0) is 11.4. The maximum absolute atomic E-state index is 13.0. The van der Waals surface area contributed by atoms with Gasteiger partial charge >= 0.3 is 0 Å². The average molecular weight is 229 g/mol. The number of benzene rings is 1. The van der Waals surface area contributed by atoms with E-state index in [1.165, 1.54) is 18.2 Å². The summed E-state index contributed by atoms with van der Waals surface area (Å²) in [5.74, 6) is -0.186. The Morgan fingerprint density at radius 1 is 1.47 bits per heavy atom. The van der Waals surface area contributed by atoms with Gasteiger partial charge in [0.15, 0.2) is 0 Å². The highest BCUT2D eigenvalue weighted by molar-refractivity contribution is 6.31. The molecule has 0 heterocycles. The first kappa shape index (κ1) is 12.2. The number of hydrogen-bond donors (Lipinski definition) is 0. The molecule has 15 heavy (non-hydrogen) atoms. The van der Waals surface area contributed by atoms with Crippen LogP contribution in [0, 0.1) is 17.7 Å². The van der Waals surface area contributed by atoms with Gasteiger partial charge in [0.25, 0.3) is 0 Å². The molecule has 1 nitrogen and oxygen atoms in total. The van der Waals surface area contributed by atoms with Gasteiger partial charge in [-0.05, 0) is 36.1 Å².